The minimum Gasteiger partial charge on any atom is -0.508 e. The van der Waals surface area contributed by atoms with Gasteiger partial charge in [0, 0.05) is 6.42 Å². The van der Waals surface area contributed by atoms with Crippen molar-refractivity contribution in [3.05, 3.63) is 29.8 Å². The van der Waals surface area contributed by atoms with Crippen LogP contribution in [-0.4, -0.2) is 65.1 Å². The number of unbranched alkanes of at least 4 members (excludes halogenated alkanes) is 1. The zero-order valence-electron chi connectivity index (χ0n) is 19.8. The number of carboxylic acid groups (broad SMARTS) is 1. The molecule has 0 aliphatic carbocycles. The van der Waals surface area contributed by atoms with Crippen molar-refractivity contribution in [1.29, 1.82) is 0 Å². The third kappa shape index (κ3) is 10.2. The summed E-state index contributed by atoms with van der Waals surface area (Å²) in [7, 11) is 0. The second-order valence-electron chi connectivity index (χ2n) is 8.31. The number of nitrogens with two attached hydrogens (primary N) is 2. The van der Waals surface area contributed by atoms with E-state index in [9.17, 15) is 24.3 Å². The largest absolute Gasteiger partial charge is 0.508 e. The fourth-order valence-corrected chi connectivity index (χ4v) is 3.22. The first-order valence-electron chi connectivity index (χ1n) is 11.4. The van der Waals surface area contributed by atoms with Gasteiger partial charge in [-0.1, -0.05) is 38.8 Å². The van der Waals surface area contributed by atoms with Gasteiger partial charge < -0.3 is 37.6 Å². The second kappa shape index (κ2) is 14.9. The molecule has 1 aromatic carbocycles. The van der Waals surface area contributed by atoms with Crippen LogP contribution in [-0.2, 0) is 25.6 Å². The first kappa shape index (κ1) is 28.9. The maximum Gasteiger partial charge on any atom is 0.322 e. The molecule has 11 heteroatoms. The summed E-state index contributed by atoms with van der Waals surface area (Å²) in [5, 5.41) is 26.0. The molecule has 0 saturated carbocycles. The molecule has 3 amide bonds. The van der Waals surface area contributed by atoms with Gasteiger partial charge in [-0.3, -0.25) is 19.2 Å². The highest BCUT2D eigenvalue weighted by atomic mass is 16.4. The highest BCUT2D eigenvalue weighted by molar-refractivity contribution is 5.94. The number of benzene rings is 1. The number of amides is 3. The van der Waals surface area contributed by atoms with Gasteiger partial charge >= 0.3 is 5.97 Å². The monoisotopic (exact) mass is 479 g/mol. The van der Waals surface area contributed by atoms with Gasteiger partial charge in [0.1, 0.15) is 24.4 Å². The number of rotatable bonds is 15. The van der Waals surface area contributed by atoms with E-state index in [1.165, 1.54) is 12.1 Å². The first-order chi connectivity index (χ1) is 16.1. The van der Waals surface area contributed by atoms with E-state index in [1.807, 2.05) is 6.92 Å². The van der Waals surface area contributed by atoms with Crippen LogP contribution in [0.1, 0.15) is 45.1 Å². The quantitative estimate of drug-likeness (QED) is 0.165. The Morgan fingerprint density at radius 3 is 2.21 bits per heavy atom. The molecule has 0 aromatic heterocycles. The zero-order valence-corrected chi connectivity index (χ0v) is 19.8. The molecule has 34 heavy (non-hydrogen) atoms. The fourth-order valence-electron chi connectivity index (χ4n) is 3.22. The van der Waals surface area contributed by atoms with Gasteiger partial charge in [0.2, 0.25) is 17.7 Å². The van der Waals surface area contributed by atoms with Crippen LogP contribution in [0.25, 0.3) is 0 Å². The number of carbonyl (C=O) groups is 4. The maximum atomic E-state index is 13.2. The van der Waals surface area contributed by atoms with Gasteiger partial charge in [-0.15, -0.1) is 0 Å². The number of aliphatic carboxylic acids is 1. The number of phenols is 1. The van der Waals surface area contributed by atoms with Crippen molar-refractivity contribution < 1.29 is 29.4 Å². The lowest BCUT2D eigenvalue weighted by Crippen LogP contribution is -2.58. The zero-order chi connectivity index (χ0) is 25.7. The van der Waals surface area contributed by atoms with Crippen LogP contribution in [0.5, 0.6) is 5.75 Å². The third-order valence-electron chi connectivity index (χ3n) is 5.52. The molecule has 4 unspecified atom stereocenters. The van der Waals surface area contributed by atoms with E-state index in [1.54, 1.807) is 19.1 Å². The summed E-state index contributed by atoms with van der Waals surface area (Å²) < 4.78 is 0. The molecule has 0 fully saturated rings. The molecule has 0 heterocycles. The van der Waals surface area contributed by atoms with Crippen LogP contribution in [0.15, 0.2) is 24.3 Å². The summed E-state index contributed by atoms with van der Waals surface area (Å²) in [6, 6.07) is 3.30. The highest BCUT2D eigenvalue weighted by Crippen LogP contribution is 2.13. The molecule has 0 spiro atoms. The molecule has 4 atom stereocenters. The average Bonchev–Trinajstić information content (AvgIpc) is 2.81. The Morgan fingerprint density at radius 2 is 1.65 bits per heavy atom. The van der Waals surface area contributed by atoms with Gasteiger partial charge in [0.15, 0.2) is 0 Å². The molecular weight excluding hydrogens is 442 g/mol. The Labute approximate surface area is 199 Å². The standard InChI is InChI=1S/C23H37N5O6/c1-3-14(2)20(23(34)26-13-19(30)31)28-22(33)18(12-15-7-9-16(29)10-8-15)27-21(32)17(25)6-4-5-11-24/h7-10,14,17-18,20,29H,3-6,11-13,24-25H2,1-2H3,(H,26,34)(H,27,32)(H,28,33)(H,30,31). The summed E-state index contributed by atoms with van der Waals surface area (Å²) >= 11 is 0. The number of nitrogens with one attached hydrogen (secondary N) is 3. The Morgan fingerprint density at radius 1 is 1.00 bits per heavy atom. The molecule has 0 saturated heterocycles. The van der Waals surface area contributed by atoms with Crippen LogP contribution < -0.4 is 27.4 Å². The molecule has 190 valence electrons. The predicted molar refractivity (Wildman–Crippen MR) is 127 cm³/mol. The van der Waals surface area contributed by atoms with E-state index in [0.29, 0.717) is 31.4 Å². The van der Waals surface area contributed by atoms with Crippen LogP contribution in [0.2, 0.25) is 0 Å². The Balaban J connectivity index is 3.03. The SMILES string of the molecule is CCC(C)C(NC(=O)C(Cc1ccc(O)cc1)NC(=O)C(N)CCCCN)C(=O)NCC(=O)O. The molecule has 0 aliphatic heterocycles. The third-order valence-corrected chi connectivity index (χ3v) is 5.52. The predicted octanol–water partition coefficient (Wildman–Crippen LogP) is -0.392. The Kier molecular flexibility index (Phi) is 12.6. The second-order valence-corrected chi connectivity index (χ2v) is 8.31. The summed E-state index contributed by atoms with van der Waals surface area (Å²) in [6.07, 6.45) is 2.44. The van der Waals surface area contributed by atoms with Crippen LogP contribution in [0.3, 0.4) is 0 Å². The fraction of sp³-hybridized carbons (Fsp3) is 0.565. The van der Waals surface area contributed by atoms with E-state index in [-0.39, 0.29) is 18.1 Å². The molecule has 1 aromatic rings. The molecular formula is C23H37N5O6. The number of hydrogen-bond donors (Lipinski definition) is 7. The van der Waals surface area contributed by atoms with Crippen molar-refractivity contribution in [2.75, 3.05) is 13.1 Å². The number of aromatic hydroxyl groups is 1. The van der Waals surface area contributed by atoms with Crippen LogP contribution in [0, 0.1) is 5.92 Å². The van der Waals surface area contributed by atoms with Crippen molar-refractivity contribution in [2.24, 2.45) is 17.4 Å². The molecule has 1 rings (SSSR count). The topological polar surface area (TPSA) is 197 Å². The van der Waals surface area contributed by atoms with Crippen LogP contribution in [0.4, 0.5) is 0 Å². The first-order valence-corrected chi connectivity index (χ1v) is 11.4. The summed E-state index contributed by atoms with van der Waals surface area (Å²) in [4.78, 5) is 49.2. The lowest BCUT2D eigenvalue weighted by atomic mass is 9.97. The normalized spacial score (nSPS) is 14.4. The number of hydrogen-bond acceptors (Lipinski definition) is 7. The lowest BCUT2D eigenvalue weighted by Gasteiger charge is -2.27. The van der Waals surface area contributed by atoms with E-state index in [4.69, 9.17) is 16.6 Å². The smallest absolute Gasteiger partial charge is 0.322 e. The molecule has 9 N–H and O–H groups in total. The van der Waals surface area contributed by atoms with E-state index in [0.717, 1.165) is 6.42 Å². The maximum absolute atomic E-state index is 13.2. The van der Waals surface area contributed by atoms with Crippen LogP contribution >= 0.6 is 0 Å². The Bertz CT molecular complexity index is 817. The minimum atomic E-state index is -1.20. The minimum absolute atomic E-state index is 0.0580. The average molecular weight is 480 g/mol. The van der Waals surface area contributed by atoms with Crippen molar-refractivity contribution in [3.8, 4) is 5.75 Å². The summed E-state index contributed by atoms with van der Waals surface area (Å²) in [5.41, 5.74) is 12.1. The van der Waals surface area contributed by atoms with Crippen molar-refractivity contribution >= 4 is 23.7 Å². The lowest BCUT2D eigenvalue weighted by molar-refractivity contribution is -0.139. The summed E-state index contributed by atoms with van der Waals surface area (Å²) in [5.74, 6) is -3.18. The number of carboxylic acids is 1. The van der Waals surface area contributed by atoms with Gasteiger partial charge in [0.25, 0.3) is 0 Å². The van der Waals surface area contributed by atoms with Gasteiger partial charge in [-0.05, 0) is 43.0 Å². The van der Waals surface area contributed by atoms with Crippen molar-refractivity contribution in [3.63, 3.8) is 0 Å². The van der Waals surface area contributed by atoms with E-state index >= 15 is 0 Å². The number of carbonyl (C=O) groups excluding carboxylic acids is 3. The number of phenolic OH excluding ortho intramolecular Hbond substituents is 1. The Hall–Kier alpha value is -3.18. The molecule has 0 aliphatic rings. The van der Waals surface area contributed by atoms with Gasteiger partial charge in [0.05, 0.1) is 6.04 Å². The highest BCUT2D eigenvalue weighted by Gasteiger charge is 2.31. The van der Waals surface area contributed by atoms with Gasteiger partial charge in [-0.2, -0.15) is 0 Å². The van der Waals surface area contributed by atoms with E-state index in [2.05, 4.69) is 16.0 Å². The molecule has 0 radical (unpaired) electrons. The molecule has 0 bridgehead atoms. The van der Waals surface area contributed by atoms with Gasteiger partial charge in [-0.25, -0.2) is 0 Å². The summed E-state index contributed by atoms with van der Waals surface area (Å²) in [6.45, 7) is 3.50. The van der Waals surface area contributed by atoms with Crippen molar-refractivity contribution in [1.82, 2.24) is 16.0 Å². The van der Waals surface area contributed by atoms with E-state index < -0.39 is 48.4 Å². The van der Waals surface area contributed by atoms with Crippen molar-refractivity contribution in [2.45, 2.75) is 64.1 Å². The molecule has 11 nitrogen and oxygen atoms in total.